The van der Waals surface area contributed by atoms with Crippen LogP contribution < -0.4 is 5.32 Å². The zero-order chi connectivity index (χ0) is 14.0. The van der Waals surface area contributed by atoms with Gasteiger partial charge in [-0.05, 0) is 18.1 Å². The first-order valence-electron chi connectivity index (χ1n) is 6.02. The Morgan fingerprint density at radius 1 is 1.42 bits per heavy atom. The summed E-state index contributed by atoms with van der Waals surface area (Å²) in [5.74, 6) is -0.00743. The van der Waals surface area contributed by atoms with Crippen molar-refractivity contribution < 1.29 is 18.0 Å². The lowest BCUT2D eigenvalue weighted by atomic mass is 10.1. The number of likely N-dealkylation sites (N-methyl/N-ethyl adjacent to an activating group) is 1. The predicted octanol–water partition coefficient (Wildman–Crippen LogP) is 2.03. The summed E-state index contributed by atoms with van der Waals surface area (Å²) in [6.45, 7) is 0.938. The van der Waals surface area contributed by atoms with Crippen molar-refractivity contribution >= 4 is 5.91 Å². The normalized spacial score (nSPS) is 20.1. The zero-order valence-corrected chi connectivity index (χ0v) is 10.5. The molecule has 0 aromatic heterocycles. The van der Waals surface area contributed by atoms with Crippen molar-refractivity contribution in [3.8, 4) is 0 Å². The maximum atomic E-state index is 12.5. The van der Waals surface area contributed by atoms with E-state index < -0.39 is 11.7 Å². The lowest BCUT2D eigenvalue weighted by Gasteiger charge is -2.13. The van der Waals surface area contributed by atoms with E-state index in [1.165, 1.54) is 6.07 Å². The molecule has 6 heteroatoms. The molecule has 1 heterocycles. The molecule has 1 fully saturated rings. The average Bonchev–Trinajstić information content (AvgIpc) is 2.67. The Kier molecular flexibility index (Phi) is 3.80. The van der Waals surface area contributed by atoms with Gasteiger partial charge in [0.2, 0.25) is 5.91 Å². The summed E-state index contributed by atoms with van der Waals surface area (Å²) in [5, 5.41) is 3.00. The third kappa shape index (κ3) is 3.26. The summed E-state index contributed by atoms with van der Waals surface area (Å²) in [6.07, 6.45) is -3.65. The minimum atomic E-state index is -4.33. The maximum absolute atomic E-state index is 12.5. The summed E-state index contributed by atoms with van der Waals surface area (Å²) in [6, 6.07) is 4.85. The number of benzene rings is 1. The first-order valence-corrected chi connectivity index (χ1v) is 6.02. The lowest BCUT2D eigenvalue weighted by Crippen LogP contribution is -2.36. The molecular weight excluding hydrogens is 257 g/mol. The standard InChI is InChI=1S/C13H15F3N2O/c1-18-6-5-11(12(18)19)17-8-9-3-2-4-10(7-9)13(14,15)16/h2-4,7,11,17H,5-6,8H2,1H3. The van der Waals surface area contributed by atoms with E-state index in [2.05, 4.69) is 5.32 Å². The van der Waals surface area contributed by atoms with E-state index in [4.69, 9.17) is 0 Å². The van der Waals surface area contributed by atoms with Crippen molar-refractivity contribution in [2.75, 3.05) is 13.6 Å². The van der Waals surface area contributed by atoms with Crippen LogP contribution in [0.1, 0.15) is 17.5 Å². The van der Waals surface area contributed by atoms with Gasteiger partial charge in [-0.3, -0.25) is 4.79 Å². The van der Waals surface area contributed by atoms with Crippen LogP contribution in [-0.4, -0.2) is 30.4 Å². The second-order valence-electron chi connectivity index (χ2n) is 4.68. The molecule has 0 bridgehead atoms. The Morgan fingerprint density at radius 2 is 2.16 bits per heavy atom. The summed E-state index contributed by atoms with van der Waals surface area (Å²) in [5.41, 5.74) is -0.140. The van der Waals surface area contributed by atoms with Gasteiger partial charge in [0.1, 0.15) is 0 Å². The van der Waals surface area contributed by atoms with Crippen molar-refractivity contribution in [1.29, 1.82) is 0 Å². The third-order valence-corrected chi connectivity index (χ3v) is 3.23. The molecule has 104 valence electrons. The molecule has 19 heavy (non-hydrogen) atoms. The number of hydrogen-bond acceptors (Lipinski definition) is 2. The molecule has 1 N–H and O–H groups in total. The lowest BCUT2D eigenvalue weighted by molar-refractivity contribution is -0.137. The molecule has 0 spiro atoms. The van der Waals surface area contributed by atoms with Gasteiger partial charge in [0.15, 0.2) is 0 Å². The molecule has 1 aromatic carbocycles. The van der Waals surface area contributed by atoms with Crippen LogP contribution in [0.25, 0.3) is 0 Å². The smallest absolute Gasteiger partial charge is 0.344 e. The first kappa shape index (κ1) is 13.9. The fourth-order valence-corrected chi connectivity index (χ4v) is 2.11. The summed E-state index contributed by atoms with van der Waals surface area (Å²) in [7, 11) is 1.72. The first-order chi connectivity index (χ1) is 8.88. The van der Waals surface area contributed by atoms with E-state index >= 15 is 0 Å². The van der Waals surface area contributed by atoms with Crippen molar-refractivity contribution in [1.82, 2.24) is 10.2 Å². The van der Waals surface area contributed by atoms with Gasteiger partial charge in [-0.1, -0.05) is 18.2 Å². The molecule has 1 saturated heterocycles. The molecule has 1 unspecified atom stereocenters. The number of likely N-dealkylation sites (tertiary alicyclic amines) is 1. The molecule has 1 aliphatic rings. The highest BCUT2D eigenvalue weighted by molar-refractivity contribution is 5.83. The zero-order valence-electron chi connectivity index (χ0n) is 10.5. The SMILES string of the molecule is CN1CCC(NCc2cccc(C(F)(F)F)c2)C1=O. The Labute approximate surface area is 109 Å². The van der Waals surface area contributed by atoms with Crippen molar-refractivity contribution in [2.24, 2.45) is 0 Å². The molecule has 0 radical (unpaired) electrons. The van der Waals surface area contributed by atoms with Crippen LogP contribution in [0.15, 0.2) is 24.3 Å². The van der Waals surface area contributed by atoms with Crippen molar-refractivity contribution in [3.63, 3.8) is 0 Å². The number of halogens is 3. The van der Waals surface area contributed by atoms with Crippen LogP contribution >= 0.6 is 0 Å². The minimum Gasteiger partial charge on any atom is -0.344 e. The highest BCUT2D eigenvalue weighted by Crippen LogP contribution is 2.29. The monoisotopic (exact) mass is 272 g/mol. The molecule has 1 amide bonds. The Hall–Kier alpha value is -1.56. The van der Waals surface area contributed by atoms with Crippen LogP contribution in [0.4, 0.5) is 13.2 Å². The van der Waals surface area contributed by atoms with Crippen LogP contribution in [-0.2, 0) is 17.5 Å². The summed E-state index contributed by atoms with van der Waals surface area (Å²) < 4.78 is 37.6. The minimum absolute atomic E-state index is 0.00743. The highest BCUT2D eigenvalue weighted by atomic mass is 19.4. The fourth-order valence-electron chi connectivity index (χ4n) is 2.11. The number of carbonyl (C=O) groups excluding carboxylic acids is 1. The second kappa shape index (κ2) is 5.21. The topological polar surface area (TPSA) is 32.3 Å². The van der Waals surface area contributed by atoms with E-state index in [1.54, 1.807) is 18.0 Å². The Bertz CT molecular complexity index is 473. The second-order valence-corrected chi connectivity index (χ2v) is 4.68. The Morgan fingerprint density at radius 3 is 2.74 bits per heavy atom. The molecule has 0 saturated carbocycles. The summed E-state index contributed by atoms with van der Waals surface area (Å²) in [4.78, 5) is 13.3. The fraction of sp³-hybridized carbons (Fsp3) is 0.462. The van der Waals surface area contributed by atoms with Crippen LogP contribution in [0, 0.1) is 0 Å². The number of carbonyl (C=O) groups is 1. The van der Waals surface area contributed by atoms with E-state index in [0.29, 0.717) is 18.5 Å². The van der Waals surface area contributed by atoms with E-state index in [1.807, 2.05) is 0 Å². The average molecular weight is 272 g/mol. The Balaban J connectivity index is 1.99. The van der Waals surface area contributed by atoms with Gasteiger partial charge in [-0.15, -0.1) is 0 Å². The van der Waals surface area contributed by atoms with Gasteiger partial charge in [-0.25, -0.2) is 0 Å². The van der Waals surface area contributed by atoms with E-state index in [0.717, 1.165) is 12.1 Å². The van der Waals surface area contributed by atoms with Gasteiger partial charge >= 0.3 is 6.18 Å². The molecular formula is C13H15F3N2O. The van der Waals surface area contributed by atoms with Gasteiger partial charge in [0.05, 0.1) is 11.6 Å². The third-order valence-electron chi connectivity index (χ3n) is 3.23. The van der Waals surface area contributed by atoms with Crippen molar-refractivity contribution in [3.05, 3.63) is 35.4 Å². The van der Waals surface area contributed by atoms with Crippen LogP contribution in [0.3, 0.4) is 0 Å². The number of nitrogens with zero attached hydrogens (tertiary/aromatic N) is 1. The van der Waals surface area contributed by atoms with E-state index in [9.17, 15) is 18.0 Å². The number of amides is 1. The van der Waals surface area contributed by atoms with Gasteiger partial charge in [-0.2, -0.15) is 13.2 Å². The largest absolute Gasteiger partial charge is 0.416 e. The van der Waals surface area contributed by atoms with Crippen molar-refractivity contribution in [2.45, 2.75) is 25.2 Å². The molecule has 2 rings (SSSR count). The number of rotatable bonds is 3. The molecule has 3 nitrogen and oxygen atoms in total. The quantitative estimate of drug-likeness (QED) is 0.913. The molecule has 1 atom stereocenters. The highest BCUT2D eigenvalue weighted by Gasteiger charge is 2.31. The summed E-state index contributed by atoms with van der Waals surface area (Å²) >= 11 is 0. The number of nitrogens with one attached hydrogen (secondary N) is 1. The van der Waals surface area contributed by atoms with Gasteiger partial charge < -0.3 is 10.2 Å². The maximum Gasteiger partial charge on any atom is 0.416 e. The molecule has 1 aliphatic heterocycles. The van der Waals surface area contributed by atoms with Crippen LogP contribution in [0.5, 0.6) is 0 Å². The van der Waals surface area contributed by atoms with Gasteiger partial charge in [0.25, 0.3) is 0 Å². The van der Waals surface area contributed by atoms with E-state index in [-0.39, 0.29) is 18.5 Å². The predicted molar refractivity (Wildman–Crippen MR) is 64.3 cm³/mol. The number of alkyl halides is 3. The molecule has 0 aliphatic carbocycles. The van der Waals surface area contributed by atoms with Gasteiger partial charge in [0, 0.05) is 20.1 Å². The van der Waals surface area contributed by atoms with Crippen LogP contribution in [0.2, 0.25) is 0 Å². The number of hydrogen-bond donors (Lipinski definition) is 1. The molecule has 1 aromatic rings.